The number of rotatable bonds is 7. The smallest absolute Gasteiger partial charge is 0.338 e. The largest absolute Gasteiger partial charge is 0.496 e. The summed E-state index contributed by atoms with van der Waals surface area (Å²) in [6.07, 6.45) is -0.720. The highest BCUT2D eigenvalue weighted by Crippen LogP contribution is 2.23. The molecule has 2 aromatic carbocycles. The molecule has 146 valence electrons. The van der Waals surface area contributed by atoms with Crippen LogP contribution in [0, 0.1) is 0 Å². The van der Waals surface area contributed by atoms with E-state index in [9.17, 15) is 9.59 Å². The summed E-state index contributed by atoms with van der Waals surface area (Å²) in [5.74, 6) is 0.405. The summed E-state index contributed by atoms with van der Waals surface area (Å²) in [5.41, 5.74) is 1.40. The molecule has 0 fully saturated rings. The van der Waals surface area contributed by atoms with Gasteiger partial charge in [0.15, 0.2) is 11.9 Å². The molecule has 0 saturated carbocycles. The lowest BCUT2D eigenvalue weighted by Gasteiger charge is -2.14. The first kappa shape index (κ1) is 19.6. The van der Waals surface area contributed by atoms with E-state index in [-0.39, 0.29) is 5.56 Å². The van der Waals surface area contributed by atoms with Gasteiger partial charge in [0.2, 0.25) is 0 Å². The number of fused-ring (bicyclic) bond motifs is 1. The molecule has 0 aliphatic carbocycles. The van der Waals surface area contributed by atoms with Gasteiger partial charge in [0.25, 0.3) is 5.56 Å². The van der Waals surface area contributed by atoms with E-state index in [1.165, 1.54) is 0 Å². The molecule has 28 heavy (non-hydrogen) atoms. The standard InChI is InChI=1S/C21H22N2O5/c1-4-27-12-15-11-14(9-10-18(15)26-3)21(25)28-13(2)19-22-17-8-6-5-7-16(17)20(24)23-19/h5-11,13H,4,12H2,1-3H3,(H,22,23,24)/t13-/m0/s1. The second kappa shape index (κ2) is 8.67. The van der Waals surface area contributed by atoms with Crippen molar-refractivity contribution in [3.05, 3.63) is 69.8 Å². The van der Waals surface area contributed by atoms with E-state index < -0.39 is 12.1 Å². The van der Waals surface area contributed by atoms with E-state index in [4.69, 9.17) is 14.2 Å². The summed E-state index contributed by atoms with van der Waals surface area (Å²) < 4.78 is 16.2. The van der Waals surface area contributed by atoms with Gasteiger partial charge in [-0.3, -0.25) is 4.79 Å². The zero-order valence-electron chi connectivity index (χ0n) is 16.0. The maximum absolute atomic E-state index is 12.6. The number of carbonyl (C=O) groups excluding carboxylic acids is 1. The van der Waals surface area contributed by atoms with Gasteiger partial charge in [-0.05, 0) is 44.2 Å². The highest BCUT2D eigenvalue weighted by Gasteiger charge is 2.18. The SMILES string of the molecule is CCOCc1cc(C(=O)O[C@@H](C)c2nc3ccccc3c(=O)[nH]2)ccc1OC. The van der Waals surface area contributed by atoms with Crippen molar-refractivity contribution in [2.24, 2.45) is 0 Å². The first-order valence-electron chi connectivity index (χ1n) is 8.98. The van der Waals surface area contributed by atoms with E-state index in [0.717, 1.165) is 5.56 Å². The minimum absolute atomic E-state index is 0.271. The average Bonchev–Trinajstić information content (AvgIpc) is 2.71. The van der Waals surface area contributed by atoms with Crippen LogP contribution in [0.5, 0.6) is 5.75 Å². The van der Waals surface area contributed by atoms with E-state index in [1.54, 1.807) is 56.5 Å². The maximum atomic E-state index is 12.6. The summed E-state index contributed by atoms with van der Waals surface area (Å²) in [4.78, 5) is 31.9. The second-order valence-electron chi connectivity index (χ2n) is 6.18. The average molecular weight is 382 g/mol. The Morgan fingerprint density at radius 1 is 1.21 bits per heavy atom. The van der Waals surface area contributed by atoms with Crippen LogP contribution in [-0.4, -0.2) is 29.7 Å². The molecule has 0 spiro atoms. The number of H-pyrrole nitrogens is 1. The van der Waals surface area contributed by atoms with Crippen molar-refractivity contribution in [3.63, 3.8) is 0 Å². The number of nitrogens with one attached hydrogen (secondary N) is 1. The van der Waals surface area contributed by atoms with Crippen molar-refractivity contribution < 1.29 is 19.0 Å². The molecule has 0 amide bonds. The molecule has 7 nitrogen and oxygen atoms in total. The van der Waals surface area contributed by atoms with Crippen molar-refractivity contribution in [2.75, 3.05) is 13.7 Å². The Bertz CT molecular complexity index is 1040. The number of benzene rings is 2. The molecule has 0 aliphatic heterocycles. The lowest BCUT2D eigenvalue weighted by molar-refractivity contribution is 0.0319. The molecule has 1 aromatic heterocycles. The Kier molecular flexibility index (Phi) is 6.06. The van der Waals surface area contributed by atoms with E-state index >= 15 is 0 Å². The van der Waals surface area contributed by atoms with Gasteiger partial charge in [-0.2, -0.15) is 0 Å². The topological polar surface area (TPSA) is 90.5 Å². The molecule has 1 heterocycles. The number of hydrogen-bond donors (Lipinski definition) is 1. The summed E-state index contributed by atoms with van der Waals surface area (Å²) in [5, 5.41) is 0.487. The fourth-order valence-corrected chi connectivity index (χ4v) is 2.81. The Hall–Kier alpha value is -3.19. The highest BCUT2D eigenvalue weighted by atomic mass is 16.5. The maximum Gasteiger partial charge on any atom is 0.338 e. The van der Waals surface area contributed by atoms with Gasteiger partial charge in [-0.25, -0.2) is 9.78 Å². The van der Waals surface area contributed by atoms with Crippen LogP contribution in [-0.2, 0) is 16.1 Å². The van der Waals surface area contributed by atoms with Gasteiger partial charge in [0.05, 0.1) is 30.2 Å². The third-order valence-electron chi connectivity index (χ3n) is 4.28. The summed E-state index contributed by atoms with van der Waals surface area (Å²) in [7, 11) is 1.56. The highest BCUT2D eigenvalue weighted by molar-refractivity contribution is 5.90. The Balaban J connectivity index is 1.81. The second-order valence-corrected chi connectivity index (χ2v) is 6.18. The molecule has 1 N–H and O–H groups in total. The van der Waals surface area contributed by atoms with Crippen LogP contribution in [0.3, 0.4) is 0 Å². The van der Waals surface area contributed by atoms with E-state index in [0.29, 0.717) is 41.3 Å². The number of ether oxygens (including phenoxy) is 3. The Morgan fingerprint density at radius 3 is 2.75 bits per heavy atom. The molecular formula is C21H22N2O5. The minimum atomic E-state index is -0.720. The van der Waals surface area contributed by atoms with Crippen LogP contribution in [0.15, 0.2) is 47.3 Å². The van der Waals surface area contributed by atoms with Crippen molar-refractivity contribution >= 4 is 16.9 Å². The van der Waals surface area contributed by atoms with Crippen molar-refractivity contribution in [2.45, 2.75) is 26.6 Å². The monoisotopic (exact) mass is 382 g/mol. The number of aromatic amines is 1. The summed E-state index contributed by atoms with van der Waals surface area (Å²) in [6, 6.07) is 12.0. The number of esters is 1. The Morgan fingerprint density at radius 2 is 2.00 bits per heavy atom. The fraction of sp³-hybridized carbons (Fsp3) is 0.286. The number of hydrogen-bond acceptors (Lipinski definition) is 6. The lowest BCUT2D eigenvalue weighted by Crippen LogP contribution is -2.17. The number of carbonyl (C=O) groups is 1. The molecule has 1 atom stereocenters. The van der Waals surface area contributed by atoms with Gasteiger partial charge in [-0.1, -0.05) is 12.1 Å². The quantitative estimate of drug-likeness (QED) is 0.630. The third kappa shape index (κ3) is 4.20. The van der Waals surface area contributed by atoms with Crippen LogP contribution in [0.1, 0.15) is 41.7 Å². The fourth-order valence-electron chi connectivity index (χ4n) is 2.81. The zero-order chi connectivity index (χ0) is 20.1. The van der Waals surface area contributed by atoms with E-state index in [1.807, 2.05) is 6.92 Å². The number of aromatic nitrogens is 2. The molecule has 3 aromatic rings. The predicted octanol–water partition coefficient (Wildman–Crippen LogP) is 3.39. The van der Waals surface area contributed by atoms with Crippen molar-refractivity contribution in [3.8, 4) is 5.75 Å². The van der Waals surface area contributed by atoms with Gasteiger partial charge in [-0.15, -0.1) is 0 Å². The van der Waals surface area contributed by atoms with Crippen molar-refractivity contribution in [1.82, 2.24) is 9.97 Å². The Labute approximate surface area is 162 Å². The van der Waals surface area contributed by atoms with Gasteiger partial charge in [0, 0.05) is 12.2 Å². The number of methoxy groups -OCH3 is 1. The first-order valence-corrected chi connectivity index (χ1v) is 8.98. The first-order chi connectivity index (χ1) is 13.5. The molecule has 3 rings (SSSR count). The normalized spacial score (nSPS) is 12.0. The third-order valence-corrected chi connectivity index (χ3v) is 4.28. The zero-order valence-corrected chi connectivity index (χ0v) is 16.0. The van der Waals surface area contributed by atoms with Crippen LogP contribution in [0.2, 0.25) is 0 Å². The summed E-state index contributed by atoms with van der Waals surface area (Å²) in [6.45, 7) is 4.44. The van der Waals surface area contributed by atoms with Gasteiger partial charge in [0.1, 0.15) is 5.75 Å². The molecular weight excluding hydrogens is 360 g/mol. The van der Waals surface area contributed by atoms with Gasteiger partial charge < -0.3 is 19.2 Å². The van der Waals surface area contributed by atoms with Crippen LogP contribution < -0.4 is 10.3 Å². The predicted molar refractivity (Wildman–Crippen MR) is 105 cm³/mol. The molecule has 0 unspecified atom stereocenters. The molecule has 7 heteroatoms. The number of nitrogens with zero attached hydrogens (tertiary/aromatic N) is 1. The van der Waals surface area contributed by atoms with E-state index in [2.05, 4.69) is 9.97 Å². The van der Waals surface area contributed by atoms with Crippen LogP contribution in [0.25, 0.3) is 10.9 Å². The van der Waals surface area contributed by atoms with Gasteiger partial charge >= 0.3 is 5.97 Å². The lowest BCUT2D eigenvalue weighted by atomic mass is 10.1. The van der Waals surface area contributed by atoms with Crippen LogP contribution >= 0.6 is 0 Å². The number of para-hydroxylation sites is 1. The molecule has 0 aliphatic rings. The molecule has 0 bridgehead atoms. The van der Waals surface area contributed by atoms with Crippen LogP contribution in [0.4, 0.5) is 0 Å². The molecule has 0 radical (unpaired) electrons. The summed E-state index contributed by atoms with van der Waals surface area (Å²) >= 11 is 0. The molecule has 0 saturated heterocycles. The minimum Gasteiger partial charge on any atom is -0.496 e. The van der Waals surface area contributed by atoms with Crippen molar-refractivity contribution in [1.29, 1.82) is 0 Å².